The normalized spacial score (nSPS) is 19.9. The number of hydrazine groups is 3. The smallest absolute Gasteiger partial charge is 0.335 e. The number of carboxylic acids is 6. The molecule has 0 bridgehead atoms. The molecule has 1 unspecified atom stereocenters. The van der Waals surface area contributed by atoms with Gasteiger partial charge in [0.1, 0.15) is 34.9 Å². The predicted molar refractivity (Wildman–Crippen MR) is 246 cm³/mol. The van der Waals surface area contributed by atoms with Gasteiger partial charge in [0.05, 0.1) is 0 Å². The minimum Gasteiger partial charge on any atom is -0.479 e. The second kappa shape index (κ2) is 36.7. The fourth-order valence-electron chi connectivity index (χ4n) is 4.45. The first-order valence-electron chi connectivity index (χ1n) is 21.0. The lowest BCUT2D eigenvalue weighted by atomic mass is 10.1. The van der Waals surface area contributed by atoms with Gasteiger partial charge in [-0.2, -0.15) is 0 Å². The Labute approximate surface area is 413 Å². The molecular formula is C40H78BN6O24. The third-order valence-corrected chi connectivity index (χ3v) is 7.70. The average Bonchev–Trinajstić information content (AvgIpc) is 3.24. The number of nitrogens with one attached hydrogen (secondary N) is 6. The van der Waals surface area contributed by atoms with Crippen molar-refractivity contribution in [3.8, 4) is 0 Å². The summed E-state index contributed by atoms with van der Waals surface area (Å²) >= 11 is 0. The molecule has 3 rings (SSSR count). The van der Waals surface area contributed by atoms with Gasteiger partial charge in [0.15, 0.2) is 36.6 Å². The largest absolute Gasteiger partial charge is 0.479 e. The van der Waals surface area contributed by atoms with E-state index in [2.05, 4.69) is 32.6 Å². The van der Waals surface area contributed by atoms with Crippen LogP contribution in [0.1, 0.15) is 110 Å². The molecule has 0 amide bonds. The molecule has 0 spiro atoms. The van der Waals surface area contributed by atoms with Crippen LogP contribution in [0.25, 0.3) is 0 Å². The summed E-state index contributed by atoms with van der Waals surface area (Å²) in [6.07, 6.45) is -8.02. The maximum atomic E-state index is 11.5. The highest BCUT2D eigenvalue weighted by atomic mass is 16.6. The maximum Gasteiger partial charge on any atom is 0.335 e. The van der Waals surface area contributed by atoms with Crippen LogP contribution in [-0.2, 0) is 57.4 Å². The van der Waals surface area contributed by atoms with Gasteiger partial charge < -0.3 is 75.5 Å². The van der Waals surface area contributed by atoms with Crippen LogP contribution in [0, 0.1) is 0 Å². The van der Waals surface area contributed by atoms with E-state index in [1.807, 2.05) is 62.3 Å². The van der Waals surface area contributed by atoms with Gasteiger partial charge >= 0.3 is 53.7 Å². The summed E-state index contributed by atoms with van der Waals surface area (Å²) in [4.78, 5) is 93.1. The number of carboxylic acid groups (broad SMARTS) is 6. The van der Waals surface area contributed by atoms with Gasteiger partial charge in [0.25, 0.3) is 0 Å². The van der Waals surface area contributed by atoms with Gasteiger partial charge in [-0.05, 0) is 101 Å². The predicted octanol–water partition coefficient (Wildman–Crippen LogP) is -4.11. The van der Waals surface area contributed by atoms with E-state index in [-0.39, 0.29) is 53.3 Å². The molecule has 0 aromatic rings. The molecule has 0 saturated carbocycles. The molecule has 3 aliphatic heterocycles. The zero-order valence-electron chi connectivity index (χ0n) is 40.4. The first kappa shape index (κ1) is 74.8. The van der Waals surface area contributed by atoms with Crippen LogP contribution < -0.4 is 32.6 Å². The SMILES string of the molecule is C.CC(C)(C)OC(=O)C1CCCNN1.CC(C)(C)OC(=O)[C@@H]1CCCNN1.CC(C)(C)OC(=O)[C@H]1CCCNN1.O=C(O)[C@H](O)[C@@H](O)C(=O)O.O=C(O)[C@H](O)[C@@H](O)C(=O)O.O=C(O)[C@H](O)[C@@H](O)C(=O)O.[2HH].[B]. The Hall–Kier alpha value is -5.19. The number of aliphatic hydroxyl groups is 6. The van der Waals surface area contributed by atoms with E-state index in [1.54, 1.807) is 0 Å². The van der Waals surface area contributed by atoms with Crippen molar-refractivity contribution in [2.24, 2.45) is 0 Å². The van der Waals surface area contributed by atoms with Crippen LogP contribution in [0.5, 0.6) is 0 Å². The lowest BCUT2D eigenvalue weighted by Crippen LogP contribution is -2.51. The monoisotopic (exact) mass is 1040 g/mol. The third kappa shape index (κ3) is 38.2. The zero-order valence-corrected chi connectivity index (χ0v) is 40.4. The van der Waals surface area contributed by atoms with Crippen molar-refractivity contribution in [3.05, 3.63) is 0 Å². The van der Waals surface area contributed by atoms with Crippen LogP contribution in [0.3, 0.4) is 0 Å². The number of aliphatic carboxylic acids is 6. The highest BCUT2D eigenvalue weighted by molar-refractivity contribution is 5.84. The van der Waals surface area contributed by atoms with Gasteiger partial charge in [-0.1, -0.05) is 7.43 Å². The van der Waals surface area contributed by atoms with Crippen LogP contribution in [0.2, 0.25) is 0 Å². The summed E-state index contributed by atoms with van der Waals surface area (Å²) in [7, 11) is 0. The van der Waals surface area contributed by atoms with Gasteiger partial charge in [-0.3, -0.25) is 30.7 Å². The molecule has 30 nitrogen and oxygen atoms in total. The third-order valence-electron chi connectivity index (χ3n) is 7.70. The number of hydrogen-bond acceptors (Lipinski definition) is 24. The topological polar surface area (TPSA) is 496 Å². The summed E-state index contributed by atoms with van der Waals surface area (Å²) in [5.74, 6) is -11.1. The number of rotatable bonds is 12. The molecule has 0 aromatic carbocycles. The van der Waals surface area contributed by atoms with Crippen molar-refractivity contribution >= 4 is 62.1 Å². The van der Waals surface area contributed by atoms with E-state index < -0.39 is 89.2 Å². The van der Waals surface area contributed by atoms with E-state index in [0.717, 1.165) is 58.2 Å². The quantitative estimate of drug-likeness (QED) is 0.0502. The van der Waals surface area contributed by atoms with E-state index in [1.165, 1.54) is 0 Å². The molecule has 3 aliphatic rings. The van der Waals surface area contributed by atoms with Crippen molar-refractivity contribution in [1.29, 1.82) is 0 Å². The number of carbonyl (C=O) groups excluding carboxylic acids is 3. The Morgan fingerprint density at radius 3 is 0.648 bits per heavy atom. The fourth-order valence-corrected chi connectivity index (χ4v) is 4.45. The van der Waals surface area contributed by atoms with Crippen molar-refractivity contribution in [3.63, 3.8) is 0 Å². The molecule has 0 aliphatic carbocycles. The Morgan fingerprint density at radius 2 is 0.549 bits per heavy atom. The number of esters is 3. The molecule has 71 heavy (non-hydrogen) atoms. The van der Waals surface area contributed by atoms with Crippen LogP contribution >= 0.6 is 0 Å². The van der Waals surface area contributed by atoms with Crippen molar-refractivity contribution in [2.45, 2.75) is 180 Å². The van der Waals surface area contributed by atoms with Gasteiger partial charge in [-0.15, -0.1) is 0 Å². The molecule has 415 valence electrons. The summed E-state index contributed by atoms with van der Waals surface area (Å²) in [6.45, 7) is 19.6. The second-order valence-electron chi connectivity index (χ2n) is 17.6. The molecule has 31 heteroatoms. The Bertz CT molecular complexity index is 1390. The van der Waals surface area contributed by atoms with Crippen LogP contribution in [0.15, 0.2) is 0 Å². The lowest BCUT2D eigenvalue weighted by molar-refractivity contribution is -0.165. The molecule has 3 fully saturated rings. The summed E-state index contributed by atoms with van der Waals surface area (Å²) < 4.78 is 15.7. The fraction of sp³-hybridized carbons (Fsp3) is 0.775. The van der Waals surface area contributed by atoms with Gasteiger partial charge in [0.2, 0.25) is 0 Å². The van der Waals surface area contributed by atoms with Gasteiger partial charge in [-0.25, -0.2) is 45.0 Å². The lowest BCUT2D eigenvalue weighted by Gasteiger charge is -2.27. The van der Waals surface area contributed by atoms with Crippen molar-refractivity contribution in [1.82, 2.24) is 32.6 Å². The second-order valence-corrected chi connectivity index (χ2v) is 17.6. The average molecular weight is 1040 g/mol. The minimum atomic E-state index is -2.27. The minimum absolute atomic E-state index is 0. The highest BCUT2D eigenvalue weighted by Crippen LogP contribution is 2.13. The number of aliphatic hydroxyl groups excluding tert-OH is 6. The summed E-state index contributed by atoms with van der Waals surface area (Å²) in [5, 5.41) is 97.6. The van der Waals surface area contributed by atoms with Crippen LogP contribution in [0.4, 0.5) is 0 Å². The molecular weight excluding hydrogens is 959 g/mol. The number of carbonyl (C=O) groups is 9. The molecule has 0 aromatic heterocycles. The van der Waals surface area contributed by atoms with Crippen molar-refractivity contribution in [2.75, 3.05) is 19.6 Å². The highest BCUT2D eigenvalue weighted by Gasteiger charge is 2.32. The number of ether oxygens (including phenoxy) is 3. The summed E-state index contributed by atoms with van der Waals surface area (Å²) in [6, 6.07) is -0.561. The van der Waals surface area contributed by atoms with E-state index in [4.69, 9.17) is 75.5 Å². The Kier molecular flexibility index (Phi) is 38.6. The van der Waals surface area contributed by atoms with E-state index >= 15 is 0 Å². The molecule has 18 N–H and O–H groups in total. The first-order chi connectivity index (χ1) is 31.4. The Morgan fingerprint density at radius 1 is 0.394 bits per heavy atom. The summed E-state index contributed by atoms with van der Waals surface area (Å²) in [5.41, 5.74) is 16.4. The van der Waals surface area contributed by atoms with Gasteiger partial charge in [0, 0.05) is 29.5 Å². The molecule has 3 radical (unpaired) electrons. The maximum absolute atomic E-state index is 11.5. The van der Waals surface area contributed by atoms with Crippen LogP contribution in [-0.4, -0.2) is 215 Å². The standard InChI is InChI=1S/3C9H18N2O2.3C4H6O6.CH4.B.H2/c3*1-9(2,3)13-8(12)7-5-4-6-10-11-7;3*5-1(3(7)8)2(6)4(9)10;;;/h3*7,10-11H,4-6H2,1-3H3;3*1-2,5-6H,(H,7,8)(H,9,10);1H4;;1H/t2*7-;;3*1-,2-;;;/m10.111.../s1/i;;;;;;;;1+1. The Balaban J connectivity index is -0.000000181. The van der Waals surface area contributed by atoms with E-state index in [9.17, 15) is 43.2 Å². The molecule has 3 saturated heterocycles. The number of hydrogen-bond donors (Lipinski definition) is 18. The van der Waals surface area contributed by atoms with Crippen molar-refractivity contribution < 1.29 is 120 Å². The first-order valence-corrected chi connectivity index (χ1v) is 21.0. The molecule has 3 heterocycles. The molecule has 9 atom stereocenters. The van der Waals surface area contributed by atoms with E-state index in [0.29, 0.717) is 0 Å². The zero-order chi connectivity index (χ0) is 54.6.